The summed E-state index contributed by atoms with van der Waals surface area (Å²) in [4.78, 5) is 21.7. The maximum Gasteiger partial charge on any atom is 0.311 e. The monoisotopic (exact) mass is 272 g/mol. The fourth-order valence-corrected chi connectivity index (χ4v) is 1.74. The Kier molecular flexibility index (Phi) is 3.95. The summed E-state index contributed by atoms with van der Waals surface area (Å²) in [6.07, 6.45) is 0. The molecule has 0 fully saturated rings. The van der Waals surface area contributed by atoms with Gasteiger partial charge in [-0.15, -0.1) is 0 Å². The number of para-hydroxylation sites is 1. The lowest BCUT2D eigenvalue weighted by atomic mass is 10.1. The first-order valence-electron chi connectivity index (χ1n) is 5.83. The zero-order chi connectivity index (χ0) is 14.5. The van der Waals surface area contributed by atoms with Gasteiger partial charge in [0.15, 0.2) is 0 Å². The molecule has 2 aromatic carbocycles. The molecule has 0 spiro atoms. The van der Waals surface area contributed by atoms with Crippen molar-refractivity contribution < 1.29 is 14.5 Å². The summed E-state index contributed by atoms with van der Waals surface area (Å²) in [5.74, 6) is -0.870. The van der Waals surface area contributed by atoms with E-state index in [1.54, 1.807) is 0 Å². The van der Waals surface area contributed by atoms with Gasteiger partial charge in [-0.25, -0.2) is 0 Å². The van der Waals surface area contributed by atoms with Crippen LogP contribution >= 0.6 is 0 Å². The molecule has 0 saturated heterocycles. The van der Waals surface area contributed by atoms with E-state index in [0.29, 0.717) is 0 Å². The molecular formula is C14H12N2O4. The van der Waals surface area contributed by atoms with Crippen LogP contribution in [0.3, 0.4) is 0 Å². The van der Waals surface area contributed by atoms with Crippen molar-refractivity contribution in [1.82, 2.24) is 0 Å². The van der Waals surface area contributed by atoms with Crippen LogP contribution in [0.5, 0.6) is 5.75 Å². The van der Waals surface area contributed by atoms with Gasteiger partial charge < -0.3 is 10.5 Å². The molecule has 0 heterocycles. The topological polar surface area (TPSA) is 95.5 Å². The van der Waals surface area contributed by atoms with Gasteiger partial charge in [-0.2, -0.15) is 0 Å². The van der Waals surface area contributed by atoms with Crippen molar-refractivity contribution in [2.45, 2.75) is 6.61 Å². The second-order valence-electron chi connectivity index (χ2n) is 4.05. The summed E-state index contributed by atoms with van der Waals surface area (Å²) in [5, 5.41) is 11.0. The number of nitrogens with two attached hydrogens (primary N) is 1. The van der Waals surface area contributed by atoms with E-state index in [2.05, 4.69) is 0 Å². The van der Waals surface area contributed by atoms with Gasteiger partial charge in [-0.1, -0.05) is 36.4 Å². The SMILES string of the molecule is NC(=O)c1cccc([N+](=O)[O-])c1OCc1ccccc1. The lowest BCUT2D eigenvalue weighted by Crippen LogP contribution is -2.14. The van der Waals surface area contributed by atoms with E-state index < -0.39 is 10.8 Å². The molecule has 2 rings (SSSR count). The lowest BCUT2D eigenvalue weighted by molar-refractivity contribution is -0.386. The highest BCUT2D eigenvalue weighted by Crippen LogP contribution is 2.31. The van der Waals surface area contributed by atoms with Crippen molar-refractivity contribution in [3.8, 4) is 5.75 Å². The molecule has 0 aromatic heterocycles. The Hall–Kier alpha value is -2.89. The van der Waals surface area contributed by atoms with Crippen molar-refractivity contribution in [3.63, 3.8) is 0 Å². The molecule has 0 unspecified atom stereocenters. The van der Waals surface area contributed by atoms with Crippen LogP contribution in [0.25, 0.3) is 0 Å². The van der Waals surface area contributed by atoms with Crippen LogP contribution in [0.4, 0.5) is 5.69 Å². The molecule has 0 bridgehead atoms. The highest BCUT2D eigenvalue weighted by atomic mass is 16.6. The Labute approximate surface area is 114 Å². The number of rotatable bonds is 5. The van der Waals surface area contributed by atoms with Crippen LogP contribution in [0.1, 0.15) is 15.9 Å². The Morgan fingerprint density at radius 3 is 2.45 bits per heavy atom. The highest BCUT2D eigenvalue weighted by Gasteiger charge is 2.21. The summed E-state index contributed by atoms with van der Waals surface area (Å²) < 4.78 is 5.43. The number of hydrogen-bond donors (Lipinski definition) is 1. The molecule has 0 aliphatic rings. The maximum atomic E-state index is 11.3. The molecular weight excluding hydrogens is 260 g/mol. The molecule has 0 aliphatic heterocycles. The number of nitrogens with zero attached hydrogens (tertiary/aromatic N) is 1. The molecule has 0 aliphatic carbocycles. The summed E-state index contributed by atoms with van der Waals surface area (Å²) in [6.45, 7) is 0.117. The largest absolute Gasteiger partial charge is 0.481 e. The number of nitro groups is 1. The van der Waals surface area contributed by atoms with Gasteiger partial charge in [-0.3, -0.25) is 14.9 Å². The van der Waals surface area contributed by atoms with Gasteiger partial charge in [0.2, 0.25) is 5.75 Å². The number of nitro benzene ring substituents is 1. The smallest absolute Gasteiger partial charge is 0.311 e. The molecule has 102 valence electrons. The molecule has 0 radical (unpaired) electrons. The second-order valence-corrected chi connectivity index (χ2v) is 4.05. The normalized spacial score (nSPS) is 10.0. The molecule has 2 aromatic rings. The van der Waals surface area contributed by atoms with E-state index >= 15 is 0 Å². The fourth-order valence-electron chi connectivity index (χ4n) is 1.74. The van der Waals surface area contributed by atoms with Gasteiger partial charge in [0.05, 0.1) is 10.5 Å². The minimum atomic E-state index is -0.767. The van der Waals surface area contributed by atoms with E-state index in [1.165, 1.54) is 18.2 Å². The van der Waals surface area contributed by atoms with Crippen molar-refractivity contribution in [2.24, 2.45) is 5.73 Å². The van der Waals surface area contributed by atoms with Gasteiger partial charge in [0.25, 0.3) is 5.91 Å². The Morgan fingerprint density at radius 2 is 1.85 bits per heavy atom. The molecule has 2 N–H and O–H groups in total. The van der Waals surface area contributed by atoms with Gasteiger partial charge in [0.1, 0.15) is 6.61 Å². The molecule has 6 nitrogen and oxygen atoms in total. The predicted octanol–water partition coefficient (Wildman–Crippen LogP) is 2.27. The number of benzene rings is 2. The van der Waals surface area contributed by atoms with E-state index in [9.17, 15) is 14.9 Å². The van der Waals surface area contributed by atoms with E-state index in [-0.39, 0.29) is 23.6 Å². The highest BCUT2D eigenvalue weighted by molar-refractivity contribution is 5.97. The first-order chi connectivity index (χ1) is 9.59. The molecule has 0 atom stereocenters. The fraction of sp³-hybridized carbons (Fsp3) is 0.0714. The van der Waals surface area contributed by atoms with E-state index in [4.69, 9.17) is 10.5 Å². The standard InChI is InChI=1S/C14H12N2O4/c15-14(17)11-7-4-8-12(16(18)19)13(11)20-9-10-5-2-1-3-6-10/h1-8H,9H2,(H2,15,17). The third kappa shape index (κ3) is 2.92. The third-order valence-corrected chi connectivity index (χ3v) is 2.68. The minimum absolute atomic E-state index is 0.00451. The summed E-state index contributed by atoms with van der Waals surface area (Å²) in [7, 11) is 0. The van der Waals surface area contributed by atoms with Crippen LogP contribution < -0.4 is 10.5 Å². The minimum Gasteiger partial charge on any atom is -0.481 e. The summed E-state index contributed by atoms with van der Waals surface area (Å²) >= 11 is 0. The van der Waals surface area contributed by atoms with Crippen molar-refractivity contribution >= 4 is 11.6 Å². The van der Waals surface area contributed by atoms with Crippen molar-refractivity contribution in [1.29, 1.82) is 0 Å². The zero-order valence-electron chi connectivity index (χ0n) is 10.5. The van der Waals surface area contributed by atoms with Crippen LogP contribution in [0.15, 0.2) is 48.5 Å². The first-order valence-corrected chi connectivity index (χ1v) is 5.83. The van der Waals surface area contributed by atoms with Crippen molar-refractivity contribution in [2.75, 3.05) is 0 Å². The second kappa shape index (κ2) is 5.83. The predicted molar refractivity (Wildman–Crippen MR) is 72.4 cm³/mol. The third-order valence-electron chi connectivity index (χ3n) is 2.68. The van der Waals surface area contributed by atoms with Crippen LogP contribution in [0.2, 0.25) is 0 Å². The molecule has 6 heteroatoms. The lowest BCUT2D eigenvalue weighted by Gasteiger charge is -2.09. The molecule has 20 heavy (non-hydrogen) atoms. The van der Waals surface area contributed by atoms with Crippen molar-refractivity contribution in [3.05, 3.63) is 69.8 Å². The average molecular weight is 272 g/mol. The van der Waals surface area contributed by atoms with Crippen LogP contribution in [-0.2, 0) is 6.61 Å². The zero-order valence-corrected chi connectivity index (χ0v) is 10.5. The van der Waals surface area contributed by atoms with E-state index in [0.717, 1.165) is 5.56 Å². The van der Waals surface area contributed by atoms with Crippen LogP contribution in [-0.4, -0.2) is 10.8 Å². The average Bonchev–Trinajstić information content (AvgIpc) is 2.45. The Bertz CT molecular complexity index is 609. The van der Waals surface area contributed by atoms with Gasteiger partial charge in [0, 0.05) is 6.07 Å². The van der Waals surface area contributed by atoms with Gasteiger partial charge in [-0.05, 0) is 11.6 Å². The van der Waals surface area contributed by atoms with Gasteiger partial charge >= 0.3 is 5.69 Å². The number of primary amides is 1. The number of amides is 1. The van der Waals surface area contributed by atoms with Crippen LogP contribution in [0, 0.1) is 10.1 Å². The Morgan fingerprint density at radius 1 is 1.15 bits per heavy atom. The quantitative estimate of drug-likeness (QED) is 0.667. The number of carbonyl (C=O) groups is 1. The number of ether oxygens (including phenoxy) is 1. The first kappa shape index (κ1) is 13.5. The summed E-state index contributed by atoms with van der Waals surface area (Å²) in [6, 6.07) is 13.2. The maximum absolute atomic E-state index is 11.3. The summed E-state index contributed by atoms with van der Waals surface area (Å²) in [5.41, 5.74) is 5.76. The molecule has 0 saturated carbocycles. The molecule has 1 amide bonds. The van der Waals surface area contributed by atoms with E-state index in [1.807, 2.05) is 30.3 Å². The Balaban J connectivity index is 2.33. The number of hydrogen-bond acceptors (Lipinski definition) is 4. The number of carbonyl (C=O) groups excluding carboxylic acids is 1.